The van der Waals surface area contributed by atoms with Crippen molar-refractivity contribution in [3.63, 3.8) is 0 Å². The molecule has 1 aliphatic rings. The van der Waals surface area contributed by atoms with Gasteiger partial charge in [-0.25, -0.2) is 0 Å². The zero-order valence-corrected chi connectivity index (χ0v) is 10.4. The third-order valence-corrected chi connectivity index (χ3v) is 3.36. The summed E-state index contributed by atoms with van der Waals surface area (Å²) in [6, 6.07) is 6.72. The van der Waals surface area contributed by atoms with Crippen LogP contribution in [-0.4, -0.2) is 26.7 Å². The van der Waals surface area contributed by atoms with E-state index in [9.17, 15) is 0 Å². The molecule has 0 spiro atoms. The van der Waals surface area contributed by atoms with Crippen LogP contribution in [0, 0.1) is 5.92 Å². The van der Waals surface area contributed by atoms with Gasteiger partial charge in [-0.2, -0.15) is 0 Å². The molecule has 1 aromatic carbocycles. The predicted octanol–water partition coefficient (Wildman–Crippen LogP) is 2.58. The van der Waals surface area contributed by atoms with E-state index in [0.717, 1.165) is 18.0 Å². The maximum absolute atomic E-state index is 5.37. The fourth-order valence-corrected chi connectivity index (χ4v) is 2.37. The van der Waals surface area contributed by atoms with Crippen molar-refractivity contribution in [3.05, 3.63) is 18.2 Å². The number of nitrogens with zero attached hydrogens (tertiary/aromatic N) is 1. The quantitative estimate of drug-likeness (QED) is 0.829. The molecule has 0 radical (unpaired) electrons. The molecule has 1 atom stereocenters. The Kier molecular flexibility index (Phi) is 2.95. The van der Waals surface area contributed by atoms with Crippen LogP contribution in [0.3, 0.4) is 0 Å². The number of likely N-dealkylation sites (N-methyl/N-ethyl adjacent to an activating group) is 1. The molecule has 2 rings (SSSR count). The van der Waals surface area contributed by atoms with Gasteiger partial charge in [0.25, 0.3) is 0 Å². The zero-order chi connectivity index (χ0) is 11.7. The molecule has 0 saturated heterocycles. The van der Waals surface area contributed by atoms with Crippen molar-refractivity contribution in [1.29, 1.82) is 0 Å². The molecule has 0 aliphatic carbocycles. The summed E-state index contributed by atoms with van der Waals surface area (Å²) in [6.45, 7) is 5.49. The Balaban J connectivity index is 2.38. The summed E-state index contributed by atoms with van der Waals surface area (Å²) in [5, 5.41) is 3.48. The van der Waals surface area contributed by atoms with E-state index in [-0.39, 0.29) is 0 Å². The summed E-state index contributed by atoms with van der Waals surface area (Å²) in [5.74, 6) is 1.56. The van der Waals surface area contributed by atoms with Crippen LogP contribution in [-0.2, 0) is 0 Å². The number of anilines is 2. The Bertz CT molecular complexity index is 376. The molecule has 0 saturated carbocycles. The van der Waals surface area contributed by atoms with Gasteiger partial charge in [0.2, 0.25) is 0 Å². The first-order valence-electron chi connectivity index (χ1n) is 5.79. The van der Waals surface area contributed by atoms with Crippen LogP contribution in [0.4, 0.5) is 11.4 Å². The van der Waals surface area contributed by atoms with Crippen LogP contribution in [0.15, 0.2) is 18.2 Å². The third kappa shape index (κ3) is 1.70. The Hall–Kier alpha value is -1.38. The van der Waals surface area contributed by atoms with Gasteiger partial charge < -0.3 is 15.0 Å². The number of para-hydroxylation sites is 1. The number of hydrogen-bond donors (Lipinski definition) is 1. The number of methoxy groups -OCH3 is 1. The zero-order valence-electron chi connectivity index (χ0n) is 10.4. The first kappa shape index (κ1) is 11.1. The molecule has 88 valence electrons. The molecule has 1 heterocycles. The highest BCUT2D eigenvalue weighted by Crippen LogP contribution is 2.38. The van der Waals surface area contributed by atoms with Crippen molar-refractivity contribution in [2.75, 3.05) is 30.9 Å². The highest BCUT2D eigenvalue weighted by molar-refractivity contribution is 5.78. The molecule has 0 amide bonds. The van der Waals surface area contributed by atoms with E-state index in [1.807, 2.05) is 12.1 Å². The first-order valence-corrected chi connectivity index (χ1v) is 5.79. The van der Waals surface area contributed by atoms with E-state index in [1.165, 1.54) is 5.69 Å². The molecule has 1 N–H and O–H groups in total. The topological polar surface area (TPSA) is 24.5 Å². The molecule has 3 nitrogen and oxygen atoms in total. The minimum atomic E-state index is 0.541. The number of hydrogen-bond acceptors (Lipinski definition) is 3. The SMILES string of the molecule is COc1cccc2c1NCC(C(C)C)N2C. The Morgan fingerprint density at radius 2 is 2.19 bits per heavy atom. The van der Waals surface area contributed by atoms with Gasteiger partial charge in [-0.1, -0.05) is 19.9 Å². The van der Waals surface area contributed by atoms with Gasteiger partial charge in [0.05, 0.1) is 12.8 Å². The van der Waals surface area contributed by atoms with Crippen LogP contribution < -0.4 is 15.0 Å². The molecular formula is C13H20N2O. The molecule has 16 heavy (non-hydrogen) atoms. The fourth-order valence-electron chi connectivity index (χ4n) is 2.37. The summed E-state index contributed by atoms with van der Waals surface area (Å²) < 4.78 is 5.37. The highest BCUT2D eigenvalue weighted by atomic mass is 16.5. The second-order valence-corrected chi connectivity index (χ2v) is 4.66. The first-order chi connectivity index (χ1) is 7.65. The fraction of sp³-hybridized carbons (Fsp3) is 0.538. The molecule has 1 unspecified atom stereocenters. The smallest absolute Gasteiger partial charge is 0.144 e. The lowest BCUT2D eigenvalue weighted by atomic mass is 9.99. The molecule has 0 bridgehead atoms. The van der Waals surface area contributed by atoms with E-state index in [1.54, 1.807) is 7.11 Å². The van der Waals surface area contributed by atoms with E-state index in [0.29, 0.717) is 12.0 Å². The van der Waals surface area contributed by atoms with Crippen LogP contribution in [0.25, 0.3) is 0 Å². The van der Waals surface area contributed by atoms with Crippen molar-refractivity contribution in [3.8, 4) is 5.75 Å². The summed E-state index contributed by atoms with van der Waals surface area (Å²) in [7, 11) is 3.87. The predicted molar refractivity (Wildman–Crippen MR) is 68.5 cm³/mol. The molecule has 1 aliphatic heterocycles. The lowest BCUT2D eigenvalue weighted by molar-refractivity contribution is 0.413. The summed E-state index contributed by atoms with van der Waals surface area (Å²) >= 11 is 0. The molecule has 3 heteroatoms. The van der Waals surface area contributed by atoms with E-state index in [4.69, 9.17) is 4.74 Å². The second-order valence-electron chi connectivity index (χ2n) is 4.66. The van der Waals surface area contributed by atoms with Crippen molar-refractivity contribution in [1.82, 2.24) is 0 Å². The van der Waals surface area contributed by atoms with Gasteiger partial charge in [-0.05, 0) is 18.1 Å². The number of nitrogens with one attached hydrogen (secondary N) is 1. The Morgan fingerprint density at radius 1 is 1.44 bits per heavy atom. The average molecular weight is 220 g/mol. The maximum Gasteiger partial charge on any atom is 0.144 e. The molecule has 0 fully saturated rings. The highest BCUT2D eigenvalue weighted by Gasteiger charge is 2.26. The van der Waals surface area contributed by atoms with Gasteiger partial charge in [-0.15, -0.1) is 0 Å². The Morgan fingerprint density at radius 3 is 2.81 bits per heavy atom. The largest absolute Gasteiger partial charge is 0.495 e. The minimum Gasteiger partial charge on any atom is -0.495 e. The van der Waals surface area contributed by atoms with Gasteiger partial charge in [0.15, 0.2) is 0 Å². The summed E-state index contributed by atoms with van der Waals surface area (Å²) in [4.78, 5) is 2.35. The van der Waals surface area contributed by atoms with Gasteiger partial charge in [0, 0.05) is 19.6 Å². The third-order valence-electron chi connectivity index (χ3n) is 3.36. The van der Waals surface area contributed by atoms with Gasteiger partial charge in [-0.3, -0.25) is 0 Å². The van der Waals surface area contributed by atoms with Crippen LogP contribution in [0.2, 0.25) is 0 Å². The molecule has 1 aromatic rings. The van der Waals surface area contributed by atoms with Crippen molar-refractivity contribution in [2.45, 2.75) is 19.9 Å². The van der Waals surface area contributed by atoms with Crippen molar-refractivity contribution < 1.29 is 4.74 Å². The van der Waals surface area contributed by atoms with Gasteiger partial charge in [0.1, 0.15) is 11.4 Å². The van der Waals surface area contributed by atoms with Crippen LogP contribution >= 0.6 is 0 Å². The monoisotopic (exact) mass is 220 g/mol. The summed E-state index contributed by atoms with van der Waals surface area (Å²) in [5.41, 5.74) is 2.34. The average Bonchev–Trinajstić information content (AvgIpc) is 2.28. The van der Waals surface area contributed by atoms with Crippen LogP contribution in [0.1, 0.15) is 13.8 Å². The van der Waals surface area contributed by atoms with E-state index < -0.39 is 0 Å². The number of rotatable bonds is 2. The normalized spacial score (nSPS) is 19.3. The Labute approximate surface area is 97.4 Å². The van der Waals surface area contributed by atoms with Crippen LogP contribution in [0.5, 0.6) is 5.75 Å². The van der Waals surface area contributed by atoms with E-state index in [2.05, 4.69) is 37.2 Å². The maximum atomic E-state index is 5.37. The lowest BCUT2D eigenvalue weighted by Crippen LogP contribution is -2.44. The second kappa shape index (κ2) is 4.24. The lowest BCUT2D eigenvalue weighted by Gasteiger charge is -2.39. The summed E-state index contributed by atoms with van der Waals surface area (Å²) in [6.07, 6.45) is 0. The number of ether oxygens (including phenoxy) is 1. The number of fused-ring (bicyclic) bond motifs is 1. The van der Waals surface area contributed by atoms with Crippen molar-refractivity contribution >= 4 is 11.4 Å². The molecule has 0 aromatic heterocycles. The van der Waals surface area contributed by atoms with Gasteiger partial charge >= 0.3 is 0 Å². The van der Waals surface area contributed by atoms with Crippen molar-refractivity contribution in [2.24, 2.45) is 5.92 Å². The molecular weight excluding hydrogens is 200 g/mol. The number of benzene rings is 1. The minimum absolute atomic E-state index is 0.541. The van der Waals surface area contributed by atoms with E-state index >= 15 is 0 Å². The standard InChI is InChI=1S/C13H20N2O/c1-9(2)11-8-14-13-10(15(11)3)6-5-7-12(13)16-4/h5-7,9,11,14H,8H2,1-4H3.